The fourth-order valence-corrected chi connectivity index (χ4v) is 8.28. The van der Waals surface area contributed by atoms with Gasteiger partial charge < -0.3 is 19.2 Å². The molecule has 7 nitrogen and oxygen atoms in total. The zero-order valence-corrected chi connectivity index (χ0v) is 25.5. The largest absolute Gasteiger partial charge is 0.497 e. The molecule has 3 fully saturated rings. The highest BCUT2D eigenvalue weighted by Gasteiger charge is 2.63. The SMILES string of the molecule is CCCCCCCCCCCC(=O)OCCC1C[C@@H]2CN3CCc4c([nH]c5ccc(OC)cc45)C(C(=O)OC)(C2)C13. The Labute approximate surface area is 245 Å². The normalized spacial score (nSPS) is 26.4. The first kappa shape index (κ1) is 29.9. The van der Waals surface area contributed by atoms with Gasteiger partial charge in [0.15, 0.2) is 0 Å². The predicted octanol–water partition coefficient (Wildman–Crippen LogP) is 6.71. The van der Waals surface area contributed by atoms with Gasteiger partial charge in [-0.3, -0.25) is 14.5 Å². The van der Waals surface area contributed by atoms with Gasteiger partial charge in [0.05, 0.1) is 20.8 Å². The lowest BCUT2D eigenvalue weighted by atomic mass is 9.56. The second-order valence-corrected chi connectivity index (χ2v) is 12.7. The second kappa shape index (κ2) is 13.6. The Morgan fingerprint density at radius 2 is 1.80 bits per heavy atom. The smallest absolute Gasteiger partial charge is 0.319 e. The number of carbonyl (C=O) groups excluding carboxylic acids is 2. The molecular weight excluding hydrogens is 516 g/mol. The Morgan fingerprint density at radius 1 is 1.05 bits per heavy atom. The van der Waals surface area contributed by atoms with Crippen LogP contribution in [0.4, 0.5) is 0 Å². The van der Waals surface area contributed by atoms with Crippen molar-refractivity contribution < 1.29 is 23.8 Å². The summed E-state index contributed by atoms with van der Waals surface area (Å²) in [5.74, 6) is 1.28. The molecule has 5 atom stereocenters. The van der Waals surface area contributed by atoms with Gasteiger partial charge in [0.2, 0.25) is 0 Å². The maximum Gasteiger partial charge on any atom is 0.319 e. The third kappa shape index (κ3) is 6.16. The van der Waals surface area contributed by atoms with Crippen molar-refractivity contribution in [2.45, 2.75) is 108 Å². The van der Waals surface area contributed by atoms with Gasteiger partial charge >= 0.3 is 11.9 Å². The van der Waals surface area contributed by atoms with Crippen LogP contribution in [0.5, 0.6) is 5.75 Å². The number of benzene rings is 1. The van der Waals surface area contributed by atoms with Crippen LogP contribution in [0, 0.1) is 11.8 Å². The highest BCUT2D eigenvalue weighted by atomic mass is 16.5. The lowest BCUT2D eigenvalue weighted by Crippen LogP contribution is -2.67. The van der Waals surface area contributed by atoms with Crippen molar-refractivity contribution >= 4 is 22.8 Å². The number of nitrogens with one attached hydrogen (secondary N) is 1. The Bertz CT molecular complexity index is 1190. The molecule has 0 spiro atoms. The summed E-state index contributed by atoms with van der Waals surface area (Å²) in [5, 5.41) is 1.13. The van der Waals surface area contributed by atoms with E-state index in [-0.39, 0.29) is 23.9 Å². The first-order valence-electron chi connectivity index (χ1n) is 16.2. The molecule has 1 saturated carbocycles. The summed E-state index contributed by atoms with van der Waals surface area (Å²) in [4.78, 5) is 32.5. The number of unbranched alkanes of at least 4 members (excludes halogenated alkanes) is 8. The van der Waals surface area contributed by atoms with E-state index in [1.807, 2.05) is 6.07 Å². The zero-order valence-electron chi connectivity index (χ0n) is 25.5. The Balaban J connectivity index is 1.22. The predicted molar refractivity (Wildman–Crippen MR) is 161 cm³/mol. The number of nitrogens with zero attached hydrogens (tertiary/aromatic N) is 1. The fourth-order valence-electron chi connectivity index (χ4n) is 8.28. The number of H-pyrrole nitrogens is 1. The van der Waals surface area contributed by atoms with Gasteiger partial charge in [-0.2, -0.15) is 0 Å². The van der Waals surface area contributed by atoms with Crippen LogP contribution in [0.25, 0.3) is 10.9 Å². The maximum atomic E-state index is 13.8. The fraction of sp³-hybridized carbons (Fsp3) is 0.706. The summed E-state index contributed by atoms with van der Waals surface area (Å²) in [7, 11) is 3.21. The van der Waals surface area contributed by atoms with E-state index in [9.17, 15) is 9.59 Å². The molecule has 4 unspecified atom stereocenters. The molecule has 0 radical (unpaired) electrons. The van der Waals surface area contributed by atoms with E-state index in [0.717, 1.165) is 74.0 Å². The highest BCUT2D eigenvalue weighted by molar-refractivity contribution is 5.92. The minimum absolute atomic E-state index is 0.0344. The molecule has 1 aliphatic carbocycles. The van der Waals surface area contributed by atoms with Gasteiger partial charge in [-0.25, -0.2) is 0 Å². The van der Waals surface area contributed by atoms with E-state index in [2.05, 4.69) is 28.9 Å². The van der Waals surface area contributed by atoms with Crippen LogP contribution in [0.15, 0.2) is 18.2 Å². The van der Waals surface area contributed by atoms with E-state index in [1.54, 1.807) is 7.11 Å². The Kier molecular flexibility index (Phi) is 9.95. The van der Waals surface area contributed by atoms with Crippen molar-refractivity contribution in [3.63, 3.8) is 0 Å². The van der Waals surface area contributed by atoms with Crippen LogP contribution in [-0.4, -0.2) is 61.8 Å². The van der Waals surface area contributed by atoms with Crippen molar-refractivity contribution in [1.82, 2.24) is 9.88 Å². The standard InChI is InChI=1S/C34H50N2O5/c1-4-5-6-7-8-9-10-11-12-13-30(37)41-19-17-25-20-24-22-34(33(38)40-3)31-27(16-18-36(23-24)32(25)34)28-21-26(39-2)14-15-29(28)35-31/h14-15,21,24-25,32,35H,4-13,16-20,22-23H2,1-3H3/t24-,25?,32?,34?/m0/s1. The number of aromatic nitrogens is 1. The van der Waals surface area contributed by atoms with E-state index in [1.165, 1.54) is 57.6 Å². The van der Waals surface area contributed by atoms with Gasteiger partial charge in [0.25, 0.3) is 0 Å². The molecule has 7 heteroatoms. The zero-order chi connectivity index (χ0) is 28.8. The third-order valence-electron chi connectivity index (χ3n) is 10.1. The minimum atomic E-state index is -0.737. The number of ether oxygens (including phenoxy) is 3. The summed E-state index contributed by atoms with van der Waals surface area (Å²) in [6.07, 6.45) is 15.2. The van der Waals surface area contributed by atoms with Gasteiger partial charge in [0.1, 0.15) is 11.2 Å². The first-order chi connectivity index (χ1) is 20.0. The molecule has 3 aliphatic heterocycles. The van der Waals surface area contributed by atoms with Crippen molar-refractivity contribution in [2.24, 2.45) is 11.8 Å². The molecule has 0 amide bonds. The lowest BCUT2D eigenvalue weighted by molar-refractivity contribution is -0.163. The average molecular weight is 567 g/mol. The number of rotatable bonds is 15. The van der Waals surface area contributed by atoms with Gasteiger partial charge in [-0.1, -0.05) is 58.3 Å². The monoisotopic (exact) mass is 566 g/mol. The molecule has 1 aromatic heterocycles. The van der Waals surface area contributed by atoms with E-state index in [4.69, 9.17) is 14.2 Å². The van der Waals surface area contributed by atoms with Crippen LogP contribution in [-0.2, 0) is 30.9 Å². The van der Waals surface area contributed by atoms with Crippen LogP contribution in [0.3, 0.4) is 0 Å². The average Bonchev–Trinajstić information content (AvgIpc) is 3.32. The number of carbonyl (C=O) groups is 2. The van der Waals surface area contributed by atoms with Gasteiger partial charge in [-0.05, 0) is 67.7 Å². The maximum absolute atomic E-state index is 13.8. The summed E-state index contributed by atoms with van der Waals surface area (Å²) in [6.45, 7) is 4.60. The molecule has 2 saturated heterocycles. The summed E-state index contributed by atoms with van der Waals surface area (Å²) in [6, 6.07) is 6.14. The Morgan fingerprint density at radius 3 is 2.54 bits per heavy atom. The lowest BCUT2D eigenvalue weighted by Gasteiger charge is -2.57. The van der Waals surface area contributed by atoms with E-state index < -0.39 is 5.41 Å². The van der Waals surface area contributed by atoms with Crippen LogP contribution in [0.2, 0.25) is 0 Å². The molecule has 2 aromatic rings. The number of hydrogen-bond donors (Lipinski definition) is 1. The molecule has 1 aromatic carbocycles. The van der Waals surface area contributed by atoms with E-state index >= 15 is 0 Å². The van der Waals surface area contributed by atoms with Crippen molar-refractivity contribution in [3.05, 3.63) is 29.5 Å². The van der Waals surface area contributed by atoms with Crippen LogP contribution < -0.4 is 4.74 Å². The summed E-state index contributed by atoms with van der Waals surface area (Å²) in [5.41, 5.74) is 2.54. The van der Waals surface area contributed by atoms with Crippen LogP contribution >= 0.6 is 0 Å². The number of esters is 2. The summed E-state index contributed by atoms with van der Waals surface area (Å²) >= 11 is 0. The molecular formula is C34H50N2O5. The number of methoxy groups -OCH3 is 2. The molecule has 1 N–H and O–H groups in total. The quantitative estimate of drug-likeness (QED) is 0.191. The molecule has 41 heavy (non-hydrogen) atoms. The van der Waals surface area contributed by atoms with Gasteiger partial charge in [-0.15, -0.1) is 0 Å². The highest BCUT2D eigenvalue weighted by Crippen LogP contribution is 2.55. The van der Waals surface area contributed by atoms with Gasteiger partial charge in [0, 0.05) is 42.1 Å². The minimum Gasteiger partial charge on any atom is -0.497 e. The first-order valence-corrected chi connectivity index (χ1v) is 16.2. The molecule has 6 rings (SSSR count). The molecule has 4 heterocycles. The van der Waals surface area contributed by atoms with Crippen molar-refractivity contribution in [2.75, 3.05) is 33.9 Å². The molecule has 4 aliphatic rings. The third-order valence-corrected chi connectivity index (χ3v) is 10.1. The van der Waals surface area contributed by atoms with Crippen LogP contribution in [0.1, 0.15) is 102 Å². The number of fused-ring (bicyclic) bond motifs is 4. The number of aromatic amines is 1. The second-order valence-electron chi connectivity index (χ2n) is 12.7. The number of hydrogen-bond acceptors (Lipinski definition) is 6. The molecule has 4 bridgehead atoms. The number of piperidine rings is 2. The van der Waals surface area contributed by atoms with Crippen molar-refractivity contribution in [1.29, 1.82) is 0 Å². The topological polar surface area (TPSA) is 80.9 Å². The van der Waals surface area contributed by atoms with Crippen molar-refractivity contribution in [3.8, 4) is 5.75 Å². The van der Waals surface area contributed by atoms with E-state index in [0.29, 0.717) is 18.9 Å². The summed E-state index contributed by atoms with van der Waals surface area (Å²) < 4.78 is 16.8. The molecule has 226 valence electrons. The Hall–Kier alpha value is -2.54.